The average Bonchev–Trinajstić information content (AvgIpc) is 2.67. The summed E-state index contributed by atoms with van der Waals surface area (Å²) in [5, 5.41) is 2.69. The van der Waals surface area contributed by atoms with Crippen molar-refractivity contribution in [1.82, 2.24) is 5.32 Å². The SMILES string of the molecule is O=C1N[C@]2(CCC(=O)c3c(F)cccc32)CO1. The van der Waals surface area contributed by atoms with Crippen LogP contribution in [0.2, 0.25) is 0 Å². The number of rotatable bonds is 0. The van der Waals surface area contributed by atoms with Crippen LogP contribution < -0.4 is 5.32 Å². The lowest BCUT2D eigenvalue weighted by Gasteiger charge is -2.32. The van der Waals surface area contributed by atoms with Crippen molar-refractivity contribution in [2.75, 3.05) is 6.61 Å². The molecule has 3 rings (SSSR count). The van der Waals surface area contributed by atoms with Gasteiger partial charge in [0.15, 0.2) is 5.78 Å². The minimum Gasteiger partial charge on any atom is -0.447 e. The van der Waals surface area contributed by atoms with Crippen LogP contribution in [0.25, 0.3) is 0 Å². The molecule has 1 aliphatic carbocycles. The topological polar surface area (TPSA) is 55.4 Å². The molecule has 0 saturated carbocycles. The summed E-state index contributed by atoms with van der Waals surface area (Å²) in [5.74, 6) is -0.752. The predicted molar refractivity (Wildman–Crippen MR) is 56.1 cm³/mol. The van der Waals surface area contributed by atoms with Crippen LogP contribution in [0.5, 0.6) is 0 Å². The fraction of sp³-hybridized carbons (Fsp3) is 0.333. The Morgan fingerprint density at radius 1 is 1.35 bits per heavy atom. The first kappa shape index (κ1) is 10.3. The normalized spacial score (nSPS) is 26.6. The average molecular weight is 235 g/mol. The summed E-state index contributed by atoms with van der Waals surface area (Å²) in [6, 6.07) is 4.47. The zero-order chi connectivity index (χ0) is 12.0. The van der Waals surface area contributed by atoms with Gasteiger partial charge in [-0.3, -0.25) is 4.79 Å². The summed E-state index contributed by atoms with van der Waals surface area (Å²) in [6.45, 7) is 0.148. The molecule has 0 bridgehead atoms. The van der Waals surface area contributed by atoms with Crippen molar-refractivity contribution in [2.45, 2.75) is 18.4 Å². The first-order valence-corrected chi connectivity index (χ1v) is 5.39. The molecule has 17 heavy (non-hydrogen) atoms. The van der Waals surface area contributed by atoms with Crippen molar-refractivity contribution in [2.24, 2.45) is 0 Å². The molecule has 1 N–H and O–H groups in total. The van der Waals surface area contributed by atoms with Crippen LogP contribution in [0.4, 0.5) is 9.18 Å². The Morgan fingerprint density at radius 3 is 2.88 bits per heavy atom. The van der Waals surface area contributed by atoms with Crippen molar-refractivity contribution in [3.8, 4) is 0 Å². The van der Waals surface area contributed by atoms with Gasteiger partial charge in [0, 0.05) is 6.42 Å². The molecule has 1 heterocycles. The van der Waals surface area contributed by atoms with E-state index in [4.69, 9.17) is 4.74 Å². The molecule has 1 saturated heterocycles. The molecule has 1 fully saturated rings. The molecule has 1 amide bonds. The van der Waals surface area contributed by atoms with Crippen LogP contribution >= 0.6 is 0 Å². The monoisotopic (exact) mass is 235 g/mol. The fourth-order valence-corrected chi connectivity index (χ4v) is 2.53. The number of ketones is 1. The van der Waals surface area contributed by atoms with Crippen LogP contribution in [0.15, 0.2) is 18.2 Å². The van der Waals surface area contributed by atoms with Crippen LogP contribution in [0, 0.1) is 5.82 Å². The Labute approximate surface area is 96.8 Å². The summed E-state index contributed by atoms with van der Waals surface area (Å²) in [5.41, 5.74) is -0.119. The van der Waals surface area contributed by atoms with E-state index in [-0.39, 0.29) is 24.4 Å². The molecule has 0 radical (unpaired) electrons. The first-order chi connectivity index (χ1) is 8.12. The Balaban J connectivity index is 2.19. The molecule has 1 spiro atoms. The number of benzene rings is 1. The number of halogens is 1. The van der Waals surface area contributed by atoms with Gasteiger partial charge in [-0.1, -0.05) is 12.1 Å². The maximum atomic E-state index is 13.7. The number of hydrogen-bond donors (Lipinski definition) is 1. The van der Waals surface area contributed by atoms with Gasteiger partial charge in [-0.05, 0) is 18.1 Å². The third-order valence-electron chi connectivity index (χ3n) is 3.38. The summed E-state index contributed by atoms with van der Waals surface area (Å²) >= 11 is 0. The number of Topliss-reactive ketones (excluding diaryl/α,β-unsaturated/α-hetero) is 1. The summed E-state index contributed by atoms with van der Waals surface area (Å²) in [4.78, 5) is 22.9. The zero-order valence-electron chi connectivity index (χ0n) is 8.96. The van der Waals surface area contributed by atoms with Crippen molar-refractivity contribution in [1.29, 1.82) is 0 Å². The number of carbonyl (C=O) groups excluding carboxylic acids is 2. The number of fused-ring (bicyclic) bond motifs is 2. The van der Waals surface area contributed by atoms with E-state index in [9.17, 15) is 14.0 Å². The number of alkyl carbamates (subject to hydrolysis) is 1. The van der Waals surface area contributed by atoms with Gasteiger partial charge in [-0.15, -0.1) is 0 Å². The smallest absolute Gasteiger partial charge is 0.408 e. The highest BCUT2D eigenvalue weighted by atomic mass is 19.1. The summed E-state index contributed by atoms with van der Waals surface area (Å²) in [7, 11) is 0. The predicted octanol–water partition coefficient (Wildman–Crippen LogP) is 1.74. The maximum absolute atomic E-state index is 13.7. The number of hydrogen-bond acceptors (Lipinski definition) is 3. The molecule has 1 aliphatic heterocycles. The molecule has 2 aliphatic rings. The molecule has 0 unspecified atom stereocenters. The van der Waals surface area contributed by atoms with Gasteiger partial charge >= 0.3 is 6.09 Å². The van der Waals surface area contributed by atoms with Gasteiger partial charge in [0.1, 0.15) is 18.0 Å². The zero-order valence-corrected chi connectivity index (χ0v) is 8.96. The molecule has 1 aromatic rings. The summed E-state index contributed by atoms with van der Waals surface area (Å²) < 4.78 is 18.6. The fourth-order valence-electron chi connectivity index (χ4n) is 2.53. The van der Waals surface area contributed by atoms with E-state index in [0.717, 1.165) is 0 Å². The minimum absolute atomic E-state index is 0.0875. The van der Waals surface area contributed by atoms with Crippen molar-refractivity contribution in [3.05, 3.63) is 35.1 Å². The number of amides is 1. The molecule has 4 nitrogen and oxygen atoms in total. The largest absolute Gasteiger partial charge is 0.447 e. The van der Waals surface area contributed by atoms with E-state index in [1.165, 1.54) is 6.07 Å². The first-order valence-electron chi connectivity index (χ1n) is 5.39. The third kappa shape index (κ3) is 1.35. The highest BCUT2D eigenvalue weighted by molar-refractivity contribution is 5.99. The highest BCUT2D eigenvalue weighted by Gasteiger charge is 2.46. The Bertz CT molecular complexity index is 528. The van der Waals surface area contributed by atoms with Gasteiger partial charge in [-0.25, -0.2) is 9.18 Å². The van der Waals surface area contributed by atoms with Crippen molar-refractivity contribution in [3.63, 3.8) is 0 Å². The van der Waals surface area contributed by atoms with E-state index in [1.807, 2.05) is 0 Å². The van der Waals surface area contributed by atoms with Gasteiger partial charge < -0.3 is 10.1 Å². The lowest BCUT2D eigenvalue weighted by atomic mass is 9.76. The molecule has 88 valence electrons. The lowest BCUT2D eigenvalue weighted by molar-refractivity contribution is 0.0936. The second-order valence-electron chi connectivity index (χ2n) is 4.37. The highest BCUT2D eigenvalue weighted by Crippen LogP contribution is 2.38. The van der Waals surface area contributed by atoms with Gasteiger partial charge in [0.05, 0.1) is 5.56 Å². The minimum atomic E-state index is -0.734. The van der Waals surface area contributed by atoms with E-state index in [1.54, 1.807) is 12.1 Å². The van der Waals surface area contributed by atoms with Crippen LogP contribution in [0.3, 0.4) is 0 Å². The van der Waals surface area contributed by atoms with Crippen LogP contribution in [-0.2, 0) is 10.3 Å². The Morgan fingerprint density at radius 2 is 2.18 bits per heavy atom. The van der Waals surface area contributed by atoms with Gasteiger partial charge in [0.25, 0.3) is 0 Å². The summed E-state index contributed by atoms with van der Waals surface area (Å²) in [6.07, 6.45) is 0.153. The second kappa shape index (κ2) is 3.29. The lowest BCUT2D eigenvalue weighted by Crippen LogP contribution is -2.44. The van der Waals surface area contributed by atoms with Crippen LogP contribution in [0.1, 0.15) is 28.8 Å². The number of ether oxygens (including phenoxy) is 1. The van der Waals surface area contributed by atoms with Crippen molar-refractivity contribution >= 4 is 11.9 Å². The molecule has 0 aromatic heterocycles. The number of nitrogens with one attached hydrogen (secondary N) is 1. The quantitative estimate of drug-likeness (QED) is 0.745. The molecular formula is C12H10FNO3. The van der Waals surface area contributed by atoms with E-state index >= 15 is 0 Å². The standard InChI is InChI=1S/C12H10FNO3/c13-8-3-1-2-7-10(8)9(15)4-5-12(7)6-17-11(16)14-12/h1-3H,4-6H2,(H,14,16)/t12-/m1/s1. The van der Waals surface area contributed by atoms with E-state index < -0.39 is 17.4 Å². The van der Waals surface area contributed by atoms with Crippen LogP contribution in [-0.4, -0.2) is 18.5 Å². The van der Waals surface area contributed by atoms with Crippen molar-refractivity contribution < 1.29 is 18.7 Å². The number of cyclic esters (lactones) is 1. The van der Waals surface area contributed by atoms with Gasteiger partial charge in [-0.2, -0.15) is 0 Å². The molecular weight excluding hydrogens is 225 g/mol. The molecule has 1 aromatic carbocycles. The van der Waals surface area contributed by atoms with E-state index in [2.05, 4.69) is 5.32 Å². The Hall–Kier alpha value is -1.91. The maximum Gasteiger partial charge on any atom is 0.408 e. The Kier molecular flexibility index (Phi) is 1.98. The number of carbonyl (C=O) groups is 2. The van der Waals surface area contributed by atoms with Gasteiger partial charge in [0.2, 0.25) is 0 Å². The molecule has 5 heteroatoms. The third-order valence-corrected chi connectivity index (χ3v) is 3.38. The molecule has 1 atom stereocenters. The van der Waals surface area contributed by atoms with E-state index in [0.29, 0.717) is 12.0 Å². The second-order valence-corrected chi connectivity index (χ2v) is 4.37.